The third kappa shape index (κ3) is 45.8. The largest absolute Gasteiger partial charge is 0.462 e. The molecule has 0 aliphatic heterocycles. The summed E-state index contributed by atoms with van der Waals surface area (Å²) in [6.45, 7) is 13.7. The molecular weight excluding hydrogens is 733 g/mol. The van der Waals surface area contributed by atoms with Crippen LogP contribution in [0.4, 0.5) is 0 Å². The van der Waals surface area contributed by atoms with Gasteiger partial charge < -0.3 is 14.2 Å². The molecule has 0 aromatic heterocycles. The molecule has 1 unspecified atom stereocenters. The van der Waals surface area contributed by atoms with Crippen molar-refractivity contribution in [3.63, 3.8) is 0 Å². The van der Waals surface area contributed by atoms with E-state index in [-0.39, 0.29) is 31.1 Å². The number of unbranched alkanes of at least 4 members (excludes halogenated alkanes) is 28. The quantitative estimate of drug-likeness (QED) is 0.0345. The van der Waals surface area contributed by atoms with Crippen LogP contribution in [0.3, 0.4) is 0 Å². The van der Waals surface area contributed by atoms with Crippen LogP contribution < -0.4 is 0 Å². The number of esters is 3. The summed E-state index contributed by atoms with van der Waals surface area (Å²) in [5, 5.41) is 0. The number of ether oxygens (including phenoxy) is 3. The molecule has 0 radical (unpaired) electrons. The van der Waals surface area contributed by atoms with Gasteiger partial charge in [0.25, 0.3) is 0 Å². The maximum atomic E-state index is 12.7. The van der Waals surface area contributed by atoms with Gasteiger partial charge in [-0.15, -0.1) is 0 Å². The number of hydrogen-bond acceptors (Lipinski definition) is 6. The second-order valence-corrected chi connectivity index (χ2v) is 19.4. The van der Waals surface area contributed by atoms with E-state index in [0.29, 0.717) is 19.3 Å². The molecule has 2 atom stereocenters. The molecule has 59 heavy (non-hydrogen) atoms. The molecule has 0 bridgehead atoms. The van der Waals surface area contributed by atoms with Crippen LogP contribution in [0, 0.1) is 17.8 Å². The van der Waals surface area contributed by atoms with Crippen molar-refractivity contribution in [2.45, 2.75) is 292 Å². The molecule has 6 heteroatoms. The van der Waals surface area contributed by atoms with Gasteiger partial charge in [-0.25, -0.2) is 0 Å². The minimum atomic E-state index is -0.763. The Morgan fingerprint density at radius 2 is 0.593 bits per heavy atom. The van der Waals surface area contributed by atoms with E-state index in [1.54, 1.807) is 0 Å². The lowest BCUT2D eigenvalue weighted by Gasteiger charge is -2.18. The molecule has 0 aliphatic rings. The van der Waals surface area contributed by atoms with E-state index < -0.39 is 6.10 Å². The van der Waals surface area contributed by atoms with Crippen LogP contribution in [0.5, 0.6) is 0 Å². The van der Waals surface area contributed by atoms with Crippen molar-refractivity contribution < 1.29 is 28.6 Å². The molecule has 0 fully saturated rings. The Bertz CT molecular complexity index is 916. The van der Waals surface area contributed by atoms with Crippen molar-refractivity contribution in [2.24, 2.45) is 17.8 Å². The van der Waals surface area contributed by atoms with Crippen LogP contribution in [0.25, 0.3) is 0 Å². The first-order valence-electron chi connectivity index (χ1n) is 26.1. The van der Waals surface area contributed by atoms with E-state index in [0.717, 1.165) is 75.5 Å². The minimum absolute atomic E-state index is 0.0653. The highest BCUT2D eigenvalue weighted by Crippen LogP contribution is 2.18. The lowest BCUT2D eigenvalue weighted by molar-refractivity contribution is -0.167. The minimum Gasteiger partial charge on any atom is -0.462 e. The Balaban J connectivity index is 4.27. The van der Waals surface area contributed by atoms with Crippen LogP contribution in [-0.2, 0) is 28.6 Å². The maximum absolute atomic E-state index is 12.7. The number of rotatable bonds is 46. The highest BCUT2D eigenvalue weighted by atomic mass is 16.6. The van der Waals surface area contributed by atoms with Crippen molar-refractivity contribution in [1.29, 1.82) is 0 Å². The zero-order chi connectivity index (χ0) is 43.4. The zero-order valence-corrected chi connectivity index (χ0v) is 40.5. The molecule has 0 aromatic carbocycles. The Kier molecular flexibility index (Phi) is 43.3. The second kappa shape index (κ2) is 44.5. The Labute approximate surface area is 368 Å². The standard InChI is InChI=1S/C53H102O6/c1-7-49(6)41-35-29-23-17-14-15-19-25-31-37-43-52(55)58-46-50(59-53(56)44-38-32-26-20-22-28-34-40-48(4)5)45-57-51(54)42-36-30-24-18-13-11-9-8-10-12-16-21-27-33-39-47(2)3/h47-50H,7-46H2,1-6H3/t49?,50-/m0/s1. The number of carbonyl (C=O) groups is 3. The molecular formula is C53H102O6. The van der Waals surface area contributed by atoms with Crippen molar-refractivity contribution >= 4 is 17.9 Å². The topological polar surface area (TPSA) is 78.9 Å². The summed E-state index contributed by atoms with van der Waals surface area (Å²) in [4.78, 5) is 37.9. The van der Waals surface area contributed by atoms with Crippen LogP contribution in [0.2, 0.25) is 0 Å². The number of hydrogen-bond donors (Lipinski definition) is 0. The first-order valence-corrected chi connectivity index (χ1v) is 26.1. The molecule has 0 heterocycles. The van der Waals surface area contributed by atoms with E-state index in [9.17, 15) is 14.4 Å². The molecule has 0 saturated heterocycles. The lowest BCUT2D eigenvalue weighted by atomic mass is 9.99. The fraction of sp³-hybridized carbons (Fsp3) is 0.943. The van der Waals surface area contributed by atoms with Crippen molar-refractivity contribution in [3.8, 4) is 0 Å². The first-order chi connectivity index (χ1) is 28.6. The van der Waals surface area contributed by atoms with Gasteiger partial charge in [-0.1, -0.05) is 247 Å². The fourth-order valence-electron chi connectivity index (χ4n) is 7.91. The monoisotopic (exact) mass is 835 g/mol. The molecule has 0 rings (SSSR count). The third-order valence-electron chi connectivity index (χ3n) is 12.3. The summed E-state index contributed by atoms with van der Waals surface area (Å²) in [5.74, 6) is 1.64. The van der Waals surface area contributed by atoms with E-state index in [1.165, 1.54) is 167 Å². The van der Waals surface area contributed by atoms with Crippen LogP contribution in [0.15, 0.2) is 0 Å². The van der Waals surface area contributed by atoms with Crippen LogP contribution in [0.1, 0.15) is 286 Å². The fourth-order valence-corrected chi connectivity index (χ4v) is 7.91. The Morgan fingerprint density at radius 3 is 0.881 bits per heavy atom. The van der Waals surface area contributed by atoms with Gasteiger partial charge in [0.05, 0.1) is 0 Å². The van der Waals surface area contributed by atoms with E-state index in [4.69, 9.17) is 14.2 Å². The summed E-state index contributed by atoms with van der Waals surface area (Å²) in [5.41, 5.74) is 0. The third-order valence-corrected chi connectivity index (χ3v) is 12.3. The van der Waals surface area contributed by atoms with Gasteiger partial charge in [0.15, 0.2) is 6.10 Å². The summed E-state index contributed by atoms with van der Waals surface area (Å²) in [7, 11) is 0. The van der Waals surface area contributed by atoms with Gasteiger partial charge in [0.2, 0.25) is 0 Å². The normalized spacial score (nSPS) is 12.6. The second-order valence-electron chi connectivity index (χ2n) is 19.4. The predicted octanol–water partition coefficient (Wildman–Crippen LogP) is 16.8. The lowest BCUT2D eigenvalue weighted by Crippen LogP contribution is -2.30. The van der Waals surface area contributed by atoms with Crippen LogP contribution in [-0.4, -0.2) is 37.2 Å². The summed E-state index contributed by atoms with van der Waals surface area (Å²) < 4.78 is 16.8. The SMILES string of the molecule is CCC(C)CCCCCCCCCCCCC(=O)OC[C@H](COC(=O)CCCCCCCCCCCCCCCCC(C)C)OC(=O)CCCCCCCCCC(C)C. The molecule has 0 saturated carbocycles. The van der Waals surface area contributed by atoms with Gasteiger partial charge in [-0.05, 0) is 37.0 Å². The molecule has 0 N–H and O–H groups in total. The van der Waals surface area contributed by atoms with E-state index in [2.05, 4.69) is 41.5 Å². The van der Waals surface area contributed by atoms with Crippen molar-refractivity contribution in [2.75, 3.05) is 13.2 Å². The van der Waals surface area contributed by atoms with Gasteiger partial charge in [0, 0.05) is 19.3 Å². The average molecular weight is 835 g/mol. The van der Waals surface area contributed by atoms with Crippen molar-refractivity contribution in [1.82, 2.24) is 0 Å². The van der Waals surface area contributed by atoms with Gasteiger partial charge in [-0.2, -0.15) is 0 Å². The van der Waals surface area contributed by atoms with Gasteiger partial charge in [-0.3, -0.25) is 14.4 Å². The maximum Gasteiger partial charge on any atom is 0.306 e. The van der Waals surface area contributed by atoms with E-state index in [1.807, 2.05) is 0 Å². The van der Waals surface area contributed by atoms with Crippen molar-refractivity contribution in [3.05, 3.63) is 0 Å². The molecule has 0 spiro atoms. The molecule has 6 nitrogen and oxygen atoms in total. The average Bonchev–Trinajstić information content (AvgIpc) is 3.20. The Morgan fingerprint density at radius 1 is 0.339 bits per heavy atom. The predicted molar refractivity (Wildman–Crippen MR) is 252 cm³/mol. The van der Waals surface area contributed by atoms with Crippen LogP contribution >= 0.6 is 0 Å². The van der Waals surface area contributed by atoms with Gasteiger partial charge >= 0.3 is 17.9 Å². The Hall–Kier alpha value is -1.59. The molecule has 0 amide bonds. The first kappa shape index (κ1) is 57.4. The summed E-state index contributed by atoms with van der Waals surface area (Å²) >= 11 is 0. The number of carbonyl (C=O) groups excluding carboxylic acids is 3. The highest BCUT2D eigenvalue weighted by Gasteiger charge is 2.19. The van der Waals surface area contributed by atoms with Gasteiger partial charge in [0.1, 0.15) is 13.2 Å². The molecule has 350 valence electrons. The molecule has 0 aliphatic carbocycles. The van der Waals surface area contributed by atoms with E-state index >= 15 is 0 Å². The highest BCUT2D eigenvalue weighted by molar-refractivity contribution is 5.71. The zero-order valence-electron chi connectivity index (χ0n) is 40.5. The smallest absolute Gasteiger partial charge is 0.306 e. The summed E-state index contributed by atoms with van der Waals surface area (Å²) in [6.07, 6.45) is 43.8. The summed E-state index contributed by atoms with van der Waals surface area (Å²) in [6, 6.07) is 0. The molecule has 0 aromatic rings.